The molecule has 0 saturated heterocycles. The van der Waals surface area contributed by atoms with Crippen LogP contribution in [0.2, 0.25) is 0 Å². The summed E-state index contributed by atoms with van der Waals surface area (Å²) in [6.07, 6.45) is 2.11. The Bertz CT molecular complexity index is 637. The van der Waals surface area contributed by atoms with Gasteiger partial charge in [-0.25, -0.2) is 0 Å². The summed E-state index contributed by atoms with van der Waals surface area (Å²) in [5.41, 5.74) is 1.26. The standard InChI is InChI=1S/C14H11NS.C2H5ClO/c1-2-7-13(8-3-1)16-15-11-10-12-6-4-5-9-14(12)15;3-1-2-4/h1-11H;4H,1-2H2. The van der Waals surface area contributed by atoms with Crippen molar-refractivity contribution in [3.05, 3.63) is 66.9 Å². The lowest BCUT2D eigenvalue weighted by Gasteiger charge is -2.03. The maximum atomic E-state index is 7.74. The van der Waals surface area contributed by atoms with Crippen LogP contribution in [-0.4, -0.2) is 21.6 Å². The molecule has 0 atom stereocenters. The number of aromatic nitrogens is 1. The summed E-state index contributed by atoms with van der Waals surface area (Å²) >= 11 is 6.68. The lowest BCUT2D eigenvalue weighted by molar-refractivity contribution is 0.321. The fourth-order valence-electron chi connectivity index (χ4n) is 1.73. The van der Waals surface area contributed by atoms with Gasteiger partial charge in [-0.1, -0.05) is 36.4 Å². The first-order chi connectivity index (χ1) is 9.85. The van der Waals surface area contributed by atoms with Crippen LogP contribution in [0, 0.1) is 0 Å². The molecular weight excluding hydrogens is 290 g/mol. The molecule has 1 N–H and O–H groups in total. The lowest BCUT2D eigenvalue weighted by Crippen LogP contribution is -1.83. The Morgan fingerprint density at radius 2 is 1.60 bits per heavy atom. The van der Waals surface area contributed by atoms with E-state index in [1.807, 2.05) is 6.07 Å². The number of fused-ring (bicyclic) bond motifs is 1. The molecule has 0 aliphatic carbocycles. The van der Waals surface area contributed by atoms with Gasteiger partial charge < -0.3 is 5.11 Å². The minimum absolute atomic E-state index is 0.0849. The first-order valence-corrected chi connectivity index (χ1v) is 7.62. The van der Waals surface area contributed by atoms with Crippen molar-refractivity contribution < 1.29 is 5.11 Å². The number of rotatable bonds is 3. The van der Waals surface area contributed by atoms with Gasteiger partial charge in [0.25, 0.3) is 0 Å². The number of halogens is 1. The van der Waals surface area contributed by atoms with E-state index in [0.29, 0.717) is 5.88 Å². The number of nitrogens with zero attached hydrogens (tertiary/aromatic N) is 1. The highest BCUT2D eigenvalue weighted by Gasteiger charge is 2.00. The van der Waals surface area contributed by atoms with Crippen molar-refractivity contribution in [2.75, 3.05) is 12.5 Å². The van der Waals surface area contributed by atoms with Crippen molar-refractivity contribution in [3.8, 4) is 0 Å². The number of alkyl halides is 1. The zero-order valence-corrected chi connectivity index (χ0v) is 12.5. The fourth-order valence-corrected chi connectivity index (χ4v) is 2.62. The van der Waals surface area contributed by atoms with Crippen LogP contribution in [0.25, 0.3) is 10.9 Å². The van der Waals surface area contributed by atoms with Gasteiger partial charge in [0.2, 0.25) is 0 Å². The molecule has 3 rings (SSSR count). The molecule has 0 spiro atoms. The molecule has 0 unspecified atom stereocenters. The molecule has 1 aromatic heterocycles. The minimum atomic E-state index is 0.0849. The summed E-state index contributed by atoms with van der Waals surface area (Å²) in [4.78, 5) is 1.25. The predicted octanol–water partition coefficient (Wildman–Crippen LogP) is 4.41. The Labute approximate surface area is 128 Å². The number of para-hydroxylation sites is 1. The predicted molar refractivity (Wildman–Crippen MR) is 87.4 cm³/mol. The first kappa shape index (κ1) is 15.0. The molecule has 0 radical (unpaired) electrons. The van der Waals surface area contributed by atoms with Gasteiger partial charge >= 0.3 is 0 Å². The molecule has 0 aliphatic rings. The van der Waals surface area contributed by atoms with Crippen molar-refractivity contribution in [1.29, 1.82) is 0 Å². The van der Waals surface area contributed by atoms with Gasteiger partial charge in [0.05, 0.1) is 12.1 Å². The summed E-state index contributed by atoms with van der Waals surface area (Å²) in [6, 6.07) is 21.0. The van der Waals surface area contributed by atoms with E-state index in [1.165, 1.54) is 15.8 Å². The van der Waals surface area contributed by atoms with Gasteiger partial charge in [0.1, 0.15) is 0 Å². The molecule has 2 aromatic carbocycles. The Morgan fingerprint density at radius 1 is 0.950 bits per heavy atom. The zero-order chi connectivity index (χ0) is 14.2. The molecule has 0 bridgehead atoms. The van der Waals surface area contributed by atoms with Gasteiger partial charge in [-0.3, -0.25) is 3.97 Å². The molecule has 0 fully saturated rings. The van der Waals surface area contributed by atoms with Crippen LogP contribution in [-0.2, 0) is 0 Å². The Kier molecular flexibility index (Phi) is 5.99. The van der Waals surface area contributed by atoms with E-state index in [4.69, 9.17) is 16.7 Å². The molecule has 20 heavy (non-hydrogen) atoms. The number of benzene rings is 2. The van der Waals surface area contributed by atoms with Crippen LogP contribution < -0.4 is 0 Å². The quantitative estimate of drug-likeness (QED) is 0.725. The van der Waals surface area contributed by atoms with Gasteiger partial charge in [-0.15, -0.1) is 11.6 Å². The third-order valence-corrected chi connectivity index (χ3v) is 3.76. The highest BCUT2D eigenvalue weighted by Crippen LogP contribution is 2.25. The molecule has 3 aromatic rings. The van der Waals surface area contributed by atoms with Crippen LogP contribution >= 0.6 is 23.5 Å². The third kappa shape index (κ3) is 4.04. The van der Waals surface area contributed by atoms with E-state index in [0.717, 1.165) is 0 Å². The van der Waals surface area contributed by atoms with E-state index < -0.39 is 0 Å². The maximum Gasteiger partial charge on any atom is 0.0594 e. The fraction of sp³-hybridized carbons (Fsp3) is 0.125. The SMILES string of the molecule is OCCCl.c1ccc(Sn2ccc3ccccc32)cc1. The van der Waals surface area contributed by atoms with E-state index in [-0.39, 0.29) is 6.61 Å². The average Bonchev–Trinajstić information content (AvgIpc) is 2.92. The van der Waals surface area contributed by atoms with Crippen LogP contribution in [0.5, 0.6) is 0 Å². The van der Waals surface area contributed by atoms with Crippen LogP contribution in [0.1, 0.15) is 0 Å². The summed E-state index contributed by atoms with van der Waals surface area (Å²) in [5, 5.41) is 9.03. The van der Waals surface area contributed by atoms with Gasteiger partial charge in [-0.2, -0.15) is 0 Å². The monoisotopic (exact) mass is 305 g/mol. The molecule has 1 heterocycles. The summed E-state index contributed by atoms with van der Waals surface area (Å²) in [6.45, 7) is 0.0849. The van der Waals surface area contributed by atoms with Gasteiger partial charge in [-0.05, 0) is 36.2 Å². The van der Waals surface area contributed by atoms with Crippen LogP contribution in [0.4, 0.5) is 0 Å². The number of aliphatic hydroxyl groups is 1. The third-order valence-electron chi connectivity index (χ3n) is 2.60. The highest BCUT2D eigenvalue weighted by atomic mass is 35.5. The maximum absolute atomic E-state index is 7.74. The van der Waals surface area contributed by atoms with Crippen molar-refractivity contribution in [3.63, 3.8) is 0 Å². The normalized spacial score (nSPS) is 10.1. The first-order valence-electron chi connectivity index (χ1n) is 6.31. The van der Waals surface area contributed by atoms with E-state index >= 15 is 0 Å². The van der Waals surface area contributed by atoms with Crippen molar-refractivity contribution in [1.82, 2.24) is 3.97 Å². The lowest BCUT2D eigenvalue weighted by atomic mass is 10.3. The topological polar surface area (TPSA) is 25.2 Å². The van der Waals surface area contributed by atoms with Crippen LogP contribution in [0.15, 0.2) is 71.8 Å². The molecule has 104 valence electrons. The van der Waals surface area contributed by atoms with E-state index in [9.17, 15) is 0 Å². The number of hydrogen-bond acceptors (Lipinski definition) is 2. The molecule has 0 saturated carbocycles. The van der Waals surface area contributed by atoms with Crippen LogP contribution in [0.3, 0.4) is 0 Å². The molecule has 0 amide bonds. The second-order valence-corrected chi connectivity index (χ2v) is 5.44. The average molecular weight is 306 g/mol. The molecule has 0 aliphatic heterocycles. The zero-order valence-electron chi connectivity index (χ0n) is 10.9. The molecule has 4 heteroatoms. The Hall–Kier alpha value is -1.42. The van der Waals surface area contributed by atoms with Crippen molar-refractivity contribution in [2.24, 2.45) is 0 Å². The van der Waals surface area contributed by atoms with E-state index in [1.54, 1.807) is 11.9 Å². The minimum Gasteiger partial charge on any atom is -0.395 e. The Balaban J connectivity index is 0.000000328. The highest BCUT2D eigenvalue weighted by molar-refractivity contribution is 7.98. The van der Waals surface area contributed by atoms with Crippen molar-refractivity contribution >= 4 is 34.5 Å². The van der Waals surface area contributed by atoms with Gasteiger partial charge in [0, 0.05) is 22.4 Å². The van der Waals surface area contributed by atoms with Gasteiger partial charge in [0.15, 0.2) is 0 Å². The summed E-state index contributed by atoms with van der Waals surface area (Å²) in [7, 11) is 0. The smallest absolute Gasteiger partial charge is 0.0594 e. The summed E-state index contributed by atoms with van der Waals surface area (Å²) in [5.74, 6) is 0.347. The van der Waals surface area contributed by atoms with Crippen molar-refractivity contribution in [2.45, 2.75) is 4.90 Å². The second kappa shape index (κ2) is 8.00. The number of hydrogen-bond donors (Lipinski definition) is 1. The second-order valence-electron chi connectivity index (χ2n) is 4.02. The number of aliphatic hydroxyl groups excluding tert-OH is 1. The van der Waals surface area contributed by atoms with E-state index in [2.05, 4.69) is 64.8 Å². The Morgan fingerprint density at radius 3 is 2.30 bits per heavy atom. The molecular formula is C16H16ClNOS. The largest absolute Gasteiger partial charge is 0.395 e. The summed E-state index contributed by atoms with van der Waals surface area (Å²) < 4.78 is 2.20. The molecule has 2 nitrogen and oxygen atoms in total.